The number of aryl methyl sites for hydroxylation is 1. The van der Waals surface area contributed by atoms with Gasteiger partial charge in [-0.05, 0) is 56.7 Å². The van der Waals surface area contributed by atoms with E-state index in [9.17, 15) is 5.11 Å². The average molecular weight is 334 g/mol. The number of aliphatic hydroxyl groups excluding tert-OH is 1. The standard InChI is InChI=1S/C18H24ClN3O/c1-21(13-6-11-8-14(23)9-12(11)7-13)10-16-18-15(19)4-3-5-17(18)22(2)20-16/h3-5,11-14,23H,6-10H2,1-2H3/t11-,12+,13?,14?. The molecule has 0 saturated heterocycles. The summed E-state index contributed by atoms with van der Waals surface area (Å²) >= 11 is 6.41. The summed E-state index contributed by atoms with van der Waals surface area (Å²) in [5.41, 5.74) is 2.15. The van der Waals surface area contributed by atoms with Crippen LogP contribution in [0.2, 0.25) is 5.02 Å². The number of fused-ring (bicyclic) bond motifs is 2. The highest BCUT2D eigenvalue weighted by molar-refractivity contribution is 6.35. The van der Waals surface area contributed by atoms with Gasteiger partial charge in [-0.3, -0.25) is 9.58 Å². The number of aromatic nitrogens is 2. The van der Waals surface area contributed by atoms with Crippen molar-refractivity contribution in [3.05, 3.63) is 28.9 Å². The van der Waals surface area contributed by atoms with Crippen molar-refractivity contribution >= 4 is 22.5 Å². The number of nitrogens with zero attached hydrogens (tertiary/aromatic N) is 3. The fraction of sp³-hybridized carbons (Fsp3) is 0.611. The van der Waals surface area contributed by atoms with E-state index in [1.807, 2.05) is 23.9 Å². The fourth-order valence-electron chi connectivity index (χ4n) is 4.74. The number of rotatable bonds is 3. The quantitative estimate of drug-likeness (QED) is 0.937. The maximum Gasteiger partial charge on any atom is 0.0858 e. The number of benzene rings is 1. The second kappa shape index (κ2) is 5.76. The molecule has 0 aliphatic heterocycles. The van der Waals surface area contributed by atoms with Crippen molar-refractivity contribution < 1.29 is 5.11 Å². The van der Waals surface area contributed by atoms with E-state index in [0.717, 1.165) is 41.0 Å². The molecule has 2 saturated carbocycles. The van der Waals surface area contributed by atoms with Crippen LogP contribution in [0.3, 0.4) is 0 Å². The summed E-state index contributed by atoms with van der Waals surface area (Å²) in [6.07, 6.45) is 4.34. The van der Waals surface area contributed by atoms with E-state index in [4.69, 9.17) is 16.7 Å². The van der Waals surface area contributed by atoms with Gasteiger partial charge >= 0.3 is 0 Å². The first kappa shape index (κ1) is 15.4. The number of hydrogen-bond donors (Lipinski definition) is 1. The third kappa shape index (κ3) is 2.67. The Bertz CT molecular complexity index is 714. The monoisotopic (exact) mass is 333 g/mol. The minimum absolute atomic E-state index is 0.0604. The largest absolute Gasteiger partial charge is 0.393 e. The summed E-state index contributed by atoms with van der Waals surface area (Å²) < 4.78 is 1.92. The molecule has 2 aliphatic carbocycles. The lowest BCUT2D eigenvalue weighted by atomic mass is 10.0. The molecular formula is C18H24ClN3O. The van der Waals surface area contributed by atoms with Crippen LogP contribution in [0, 0.1) is 11.8 Å². The van der Waals surface area contributed by atoms with Crippen molar-refractivity contribution in [3.63, 3.8) is 0 Å². The van der Waals surface area contributed by atoms with Crippen LogP contribution in [0.5, 0.6) is 0 Å². The molecular weight excluding hydrogens is 310 g/mol. The van der Waals surface area contributed by atoms with Gasteiger partial charge in [-0.25, -0.2) is 0 Å². The Kier molecular flexibility index (Phi) is 3.87. The molecule has 23 heavy (non-hydrogen) atoms. The Morgan fingerprint density at radius 3 is 2.65 bits per heavy atom. The van der Waals surface area contributed by atoms with Crippen LogP contribution in [-0.4, -0.2) is 39.0 Å². The van der Waals surface area contributed by atoms with E-state index in [1.165, 1.54) is 12.8 Å². The predicted octanol–water partition coefficient (Wildman–Crippen LogP) is 3.21. The first-order chi connectivity index (χ1) is 11.0. The molecule has 1 N–H and O–H groups in total. The van der Waals surface area contributed by atoms with E-state index in [1.54, 1.807) is 0 Å². The van der Waals surface area contributed by atoms with E-state index in [2.05, 4.69) is 18.0 Å². The highest BCUT2D eigenvalue weighted by atomic mass is 35.5. The van der Waals surface area contributed by atoms with E-state index < -0.39 is 0 Å². The van der Waals surface area contributed by atoms with Gasteiger partial charge in [0.1, 0.15) is 0 Å². The van der Waals surface area contributed by atoms with Gasteiger partial charge in [0.25, 0.3) is 0 Å². The molecule has 0 radical (unpaired) electrons. The van der Waals surface area contributed by atoms with E-state index in [-0.39, 0.29) is 6.10 Å². The molecule has 4 atom stereocenters. The molecule has 1 aromatic carbocycles. The summed E-state index contributed by atoms with van der Waals surface area (Å²) in [6.45, 7) is 0.827. The molecule has 4 rings (SSSR count). The van der Waals surface area contributed by atoms with Crippen molar-refractivity contribution in [2.75, 3.05) is 7.05 Å². The Labute approximate surface area is 142 Å². The van der Waals surface area contributed by atoms with Gasteiger partial charge in [0, 0.05) is 25.0 Å². The van der Waals surface area contributed by atoms with E-state index in [0.29, 0.717) is 17.9 Å². The van der Waals surface area contributed by atoms with Gasteiger partial charge in [0.15, 0.2) is 0 Å². The second-order valence-electron chi connectivity index (χ2n) is 7.39. The maximum absolute atomic E-state index is 9.81. The Balaban J connectivity index is 1.53. The van der Waals surface area contributed by atoms with Crippen LogP contribution < -0.4 is 0 Å². The zero-order chi connectivity index (χ0) is 16.1. The zero-order valence-electron chi connectivity index (χ0n) is 13.7. The second-order valence-corrected chi connectivity index (χ2v) is 7.80. The van der Waals surface area contributed by atoms with Crippen molar-refractivity contribution in [2.24, 2.45) is 18.9 Å². The van der Waals surface area contributed by atoms with Crippen molar-refractivity contribution in [2.45, 2.75) is 44.4 Å². The fourth-order valence-corrected chi connectivity index (χ4v) is 5.02. The van der Waals surface area contributed by atoms with Crippen molar-refractivity contribution in [1.82, 2.24) is 14.7 Å². The van der Waals surface area contributed by atoms with Crippen LogP contribution >= 0.6 is 11.6 Å². The van der Waals surface area contributed by atoms with Crippen LogP contribution in [0.25, 0.3) is 10.9 Å². The van der Waals surface area contributed by atoms with Gasteiger partial charge in [0.05, 0.1) is 22.3 Å². The average Bonchev–Trinajstić information content (AvgIpc) is 3.12. The molecule has 0 amide bonds. The molecule has 0 bridgehead atoms. The Morgan fingerprint density at radius 1 is 1.26 bits per heavy atom. The van der Waals surface area contributed by atoms with Gasteiger partial charge < -0.3 is 5.11 Å². The minimum Gasteiger partial charge on any atom is -0.393 e. The summed E-state index contributed by atoms with van der Waals surface area (Å²) in [6, 6.07) is 6.58. The third-order valence-corrected chi connectivity index (χ3v) is 6.20. The smallest absolute Gasteiger partial charge is 0.0858 e. The van der Waals surface area contributed by atoms with Crippen molar-refractivity contribution in [1.29, 1.82) is 0 Å². The zero-order valence-corrected chi connectivity index (χ0v) is 14.5. The summed E-state index contributed by atoms with van der Waals surface area (Å²) in [5, 5.41) is 16.4. The van der Waals surface area contributed by atoms with E-state index >= 15 is 0 Å². The first-order valence-electron chi connectivity index (χ1n) is 8.51. The Morgan fingerprint density at radius 2 is 1.96 bits per heavy atom. The SMILES string of the molecule is CN(Cc1nn(C)c2cccc(Cl)c12)C1C[C@H]2CC(O)C[C@H]2C1. The van der Waals surface area contributed by atoms with Crippen LogP contribution in [-0.2, 0) is 13.6 Å². The first-order valence-corrected chi connectivity index (χ1v) is 8.89. The highest BCUT2D eigenvalue weighted by Gasteiger charge is 2.42. The van der Waals surface area contributed by atoms with Crippen molar-refractivity contribution in [3.8, 4) is 0 Å². The highest BCUT2D eigenvalue weighted by Crippen LogP contribution is 2.45. The minimum atomic E-state index is -0.0604. The lowest BCUT2D eigenvalue weighted by Gasteiger charge is -2.24. The molecule has 5 heteroatoms. The lowest BCUT2D eigenvalue weighted by Crippen LogP contribution is -2.30. The molecule has 2 aliphatic rings. The summed E-state index contributed by atoms with van der Waals surface area (Å²) in [5.74, 6) is 1.42. The molecule has 1 aromatic heterocycles. The molecule has 124 valence electrons. The molecule has 1 heterocycles. The molecule has 2 aromatic rings. The Hall–Kier alpha value is -1.10. The molecule has 0 spiro atoms. The third-order valence-electron chi connectivity index (χ3n) is 5.89. The predicted molar refractivity (Wildman–Crippen MR) is 92.4 cm³/mol. The molecule has 4 nitrogen and oxygen atoms in total. The molecule has 2 unspecified atom stereocenters. The summed E-state index contributed by atoms with van der Waals surface area (Å²) in [7, 11) is 4.17. The normalized spacial score (nSPS) is 30.5. The number of aliphatic hydroxyl groups is 1. The van der Waals surface area contributed by atoms with Crippen LogP contribution in [0.4, 0.5) is 0 Å². The number of hydrogen-bond acceptors (Lipinski definition) is 3. The molecule has 2 fully saturated rings. The van der Waals surface area contributed by atoms with Crippen LogP contribution in [0.1, 0.15) is 31.4 Å². The number of halogens is 1. The summed E-state index contributed by atoms with van der Waals surface area (Å²) in [4.78, 5) is 2.43. The van der Waals surface area contributed by atoms with Gasteiger partial charge in [-0.2, -0.15) is 5.10 Å². The van der Waals surface area contributed by atoms with Gasteiger partial charge in [0.2, 0.25) is 0 Å². The topological polar surface area (TPSA) is 41.3 Å². The van der Waals surface area contributed by atoms with Gasteiger partial charge in [-0.1, -0.05) is 17.7 Å². The van der Waals surface area contributed by atoms with Crippen LogP contribution in [0.15, 0.2) is 18.2 Å². The maximum atomic E-state index is 9.81. The van der Waals surface area contributed by atoms with Gasteiger partial charge in [-0.15, -0.1) is 0 Å². The lowest BCUT2D eigenvalue weighted by molar-refractivity contribution is 0.158.